The van der Waals surface area contributed by atoms with Crippen LogP contribution in [0.3, 0.4) is 0 Å². The van der Waals surface area contributed by atoms with E-state index in [1.165, 1.54) is 0 Å². The van der Waals surface area contributed by atoms with Crippen LogP contribution in [-0.2, 0) is 9.53 Å². The van der Waals surface area contributed by atoms with Gasteiger partial charge < -0.3 is 15.4 Å². The number of carbonyl (C=O) groups is 1. The highest BCUT2D eigenvalue weighted by Crippen LogP contribution is 2.01. The monoisotopic (exact) mass is 234 g/mol. The number of thioether (sulfide) groups is 1. The Balaban J connectivity index is 3.75. The molecule has 0 aromatic heterocycles. The summed E-state index contributed by atoms with van der Waals surface area (Å²) >= 11 is 1.71. The molecule has 15 heavy (non-hydrogen) atoms. The Hall–Kier alpha value is -0.260. The van der Waals surface area contributed by atoms with Gasteiger partial charge in [-0.2, -0.15) is 11.8 Å². The van der Waals surface area contributed by atoms with Crippen LogP contribution in [0.5, 0.6) is 0 Å². The molecule has 0 rings (SSSR count). The van der Waals surface area contributed by atoms with E-state index in [2.05, 4.69) is 0 Å². The average molecular weight is 234 g/mol. The van der Waals surface area contributed by atoms with Gasteiger partial charge in [-0.3, -0.25) is 4.79 Å². The number of hydrogen-bond acceptors (Lipinski definition) is 4. The number of carbonyl (C=O) groups excluding carboxylic acids is 1. The number of amides is 1. The minimum Gasteiger partial charge on any atom is -0.380 e. The lowest BCUT2D eigenvalue weighted by atomic mass is 10.2. The summed E-state index contributed by atoms with van der Waals surface area (Å²) < 4.78 is 5.18. The lowest BCUT2D eigenvalue weighted by molar-refractivity contribution is -0.131. The van der Waals surface area contributed by atoms with Gasteiger partial charge in [0.2, 0.25) is 5.91 Å². The Bertz CT molecular complexity index is 179. The Morgan fingerprint density at radius 1 is 1.60 bits per heavy atom. The van der Waals surface area contributed by atoms with Gasteiger partial charge in [-0.1, -0.05) is 0 Å². The summed E-state index contributed by atoms with van der Waals surface area (Å²) in [4.78, 5) is 13.3. The van der Waals surface area contributed by atoms with Crippen molar-refractivity contribution in [3.63, 3.8) is 0 Å². The predicted molar refractivity (Wildman–Crippen MR) is 65.1 cm³/mol. The van der Waals surface area contributed by atoms with E-state index in [9.17, 15) is 4.79 Å². The van der Waals surface area contributed by atoms with Crippen molar-refractivity contribution < 1.29 is 9.53 Å². The van der Waals surface area contributed by atoms with Gasteiger partial charge in [0.25, 0.3) is 0 Å². The van der Waals surface area contributed by atoms with E-state index in [1.54, 1.807) is 23.7 Å². The third-order valence-corrected chi connectivity index (χ3v) is 2.75. The first-order valence-corrected chi connectivity index (χ1v) is 6.60. The zero-order valence-corrected chi connectivity index (χ0v) is 10.7. The summed E-state index contributed by atoms with van der Waals surface area (Å²) in [7, 11) is 1.76. The summed E-state index contributed by atoms with van der Waals surface area (Å²) in [5.41, 5.74) is 5.76. The molecule has 90 valence electrons. The van der Waals surface area contributed by atoms with Crippen LogP contribution in [0.2, 0.25) is 0 Å². The molecule has 0 radical (unpaired) electrons. The van der Waals surface area contributed by atoms with E-state index >= 15 is 0 Å². The van der Waals surface area contributed by atoms with E-state index in [-0.39, 0.29) is 11.9 Å². The largest absolute Gasteiger partial charge is 0.380 e. The van der Waals surface area contributed by atoms with Gasteiger partial charge in [0, 0.05) is 20.2 Å². The molecule has 0 unspecified atom stereocenters. The van der Waals surface area contributed by atoms with Gasteiger partial charge in [0.05, 0.1) is 12.6 Å². The zero-order valence-electron chi connectivity index (χ0n) is 9.86. The van der Waals surface area contributed by atoms with Crippen molar-refractivity contribution in [2.75, 3.05) is 38.8 Å². The third-order valence-electron chi connectivity index (χ3n) is 2.10. The van der Waals surface area contributed by atoms with Crippen LogP contribution < -0.4 is 5.73 Å². The molecule has 1 atom stereocenters. The van der Waals surface area contributed by atoms with Crippen LogP contribution in [0.25, 0.3) is 0 Å². The fourth-order valence-corrected chi connectivity index (χ4v) is 1.60. The zero-order chi connectivity index (χ0) is 11.7. The second-order valence-corrected chi connectivity index (χ2v) is 4.33. The first-order valence-electron chi connectivity index (χ1n) is 5.20. The normalized spacial score (nSPS) is 12.5. The molecule has 1 amide bonds. The van der Waals surface area contributed by atoms with E-state index < -0.39 is 0 Å². The number of likely N-dealkylation sites (N-methyl/N-ethyl adjacent to an activating group) is 1. The van der Waals surface area contributed by atoms with Crippen LogP contribution in [0.4, 0.5) is 0 Å². The van der Waals surface area contributed by atoms with Crippen molar-refractivity contribution in [3.8, 4) is 0 Å². The maximum Gasteiger partial charge on any atom is 0.239 e. The third kappa shape index (κ3) is 6.76. The minimum absolute atomic E-state index is 0.00348. The molecular weight excluding hydrogens is 212 g/mol. The standard InChI is InChI=1S/C10H22N2O2S/c1-4-14-7-6-12(2)10(13)9(11)5-8-15-3/h9H,4-8,11H2,1-3H3/t9-/m0/s1. The lowest BCUT2D eigenvalue weighted by Crippen LogP contribution is -2.43. The first-order chi connectivity index (χ1) is 7.13. The summed E-state index contributed by atoms with van der Waals surface area (Å²) in [5.74, 6) is 0.926. The molecule has 0 heterocycles. The minimum atomic E-state index is -0.371. The van der Waals surface area contributed by atoms with Crippen molar-refractivity contribution in [2.45, 2.75) is 19.4 Å². The highest BCUT2D eigenvalue weighted by atomic mass is 32.2. The molecule has 0 fully saturated rings. The molecule has 0 aliphatic heterocycles. The molecule has 0 aliphatic carbocycles. The van der Waals surface area contributed by atoms with Gasteiger partial charge >= 0.3 is 0 Å². The number of nitrogens with zero attached hydrogens (tertiary/aromatic N) is 1. The highest BCUT2D eigenvalue weighted by Gasteiger charge is 2.16. The van der Waals surface area contributed by atoms with Gasteiger partial charge in [0.15, 0.2) is 0 Å². The molecule has 4 nitrogen and oxygen atoms in total. The summed E-state index contributed by atoms with van der Waals surface area (Å²) in [6, 6.07) is -0.371. The Labute approximate surface area is 96.5 Å². The Morgan fingerprint density at radius 2 is 2.27 bits per heavy atom. The number of nitrogens with two attached hydrogens (primary N) is 1. The van der Waals surface area contributed by atoms with Crippen LogP contribution in [0, 0.1) is 0 Å². The predicted octanol–water partition coefficient (Wildman–Crippen LogP) is 0.562. The van der Waals surface area contributed by atoms with Gasteiger partial charge in [0.1, 0.15) is 0 Å². The van der Waals surface area contributed by atoms with E-state index in [0.29, 0.717) is 19.8 Å². The highest BCUT2D eigenvalue weighted by molar-refractivity contribution is 7.98. The van der Waals surface area contributed by atoms with Gasteiger partial charge in [-0.05, 0) is 25.4 Å². The first kappa shape index (κ1) is 14.7. The van der Waals surface area contributed by atoms with E-state index in [1.807, 2.05) is 13.2 Å². The summed E-state index contributed by atoms with van der Waals surface area (Å²) in [6.45, 7) is 3.81. The molecule has 5 heteroatoms. The van der Waals surface area contributed by atoms with E-state index in [4.69, 9.17) is 10.5 Å². The summed E-state index contributed by atoms with van der Waals surface area (Å²) in [6.07, 6.45) is 2.75. The van der Waals surface area contributed by atoms with Crippen LogP contribution >= 0.6 is 11.8 Å². The smallest absolute Gasteiger partial charge is 0.239 e. The number of rotatable bonds is 8. The number of ether oxygens (including phenoxy) is 1. The fourth-order valence-electron chi connectivity index (χ4n) is 1.11. The SMILES string of the molecule is CCOCCN(C)C(=O)[C@@H](N)CCSC. The average Bonchev–Trinajstić information content (AvgIpc) is 2.24. The van der Waals surface area contributed by atoms with Crippen molar-refractivity contribution in [1.29, 1.82) is 0 Å². The lowest BCUT2D eigenvalue weighted by Gasteiger charge is -2.20. The molecule has 2 N–H and O–H groups in total. The molecular formula is C10H22N2O2S. The Kier molecular flexibility index (Phi) is 8.85. The molecule has 0 spiro atoms. The molecule has 0 aromatic carbocycles. The quantitative estimate of drug-likeness (QED) is 0.624. The Morgan fingerprint density at radius 3 is 2.80 bits per heavy atom. The van der Waals surface area contributed by atoms with Crippen LogP contribution in [0.1, 0.15) is 13.3 Å². The van der Waals surface area contributed by atoms with Crippen molar-refractivity contribution in [3.05, 3.63) is 0 Å². The molecule has 0 aromatic rings. The maximum atomic E-state index is 11.7. The molecule has 0 saturated carbocycles. The van der Waals surface area contributed by atoms with Crippen molar-refractivity contribution in [2.24, 2.45) is 5.73 Å². The fraction of sp³-hybridized carbons (Fsp3) is 0.900. The van der Waals surface area contributed by atoms with E-state index in [0.717, 1.165) is 12.2 Å². The van der Waals surface area contributed by atoms with Gasteiger partial charge in [-0.25, -0.2) is 0 Å². The van der Waals surface area contributed by atoms with Crippen molar-refractivity contribution in [1.82, 2.24) is 4.90 Å². The van der Waals surface area contributed by atoms with Gasteiger partial charge in [-0.15, -0.1) is 0 Å². The molecule has 0 bridgehead atoms. The molecule has 0 aliphatic rings. The summed E-state index contributed by atoms with van der Waals surface area (Å²) in [5, 5.41) is 0. The van der Waals surface area contributed by atoms with Crippen molar-refractivity contribution >= 4 is 17.7 Å². The topological polar surface area (TPSA) is 55.6 Å². The number of hydrogen-bond donors (Lipinski definition) is 1. The maximum absolute atomic E-state index is 11.7. The second-order valence-electron chi connectivity index (χ2n) is 3.34. The molecule has 0 saturated heterocycles. The van der Waals surface area contributed by atoms with Crippen LogP contribution in [0.15, 0.2) is 0 Å². The van der Waals surface area contributed by atoms with Crippen LogP contribution in [-0.4, -0.2) is 55.7 Å². The second kappa shape index (κ2) is 9.00.